The summed E-state index contributed by atoms with van der Waals surface area (Å²) in [5.74, 6) is -3.70. The Morgan fingerprint density at radius 3 is 2.12 bits per heavy atom. The van der Waals surface area contributed by atoms with Crippen LogP contribution in [0.1, 0.15) is 39.2 Å². The normalized spacial score (nSPS) is 17.8. The minimum atomic E-state index is -1.22. The first-order valence-electron chi connectivity index (χ1n) is 10.4. The quantitative estimate of drug-likeness (QED) is 0.230. The summed E-state index contributed by atoms with van der Waals surface area (Å²) in [5.41, 5.74) is 1.66. The first kappa shape index (κ1) is 22.4. The number of carbonyl (C=O) groups excluding carboxylic acids is 4. The van der Waals surface area contributed by atoms with Crippen LogP contribution in [0, 0.1) is 5.92 Å². The van der Waals surface area contributed by atoms with E-state index in [2.05, 4.69) is 0 Å². The van der Waals surface area contributed by atoms with Crippen molar-refractivity contribution < 1.29 is 23.9 Å². The van der Waals surface area contributed by atoms with Crippen LogP contribution in [0.5, 0.6) is 0 Å². The summed E-state index contributed by atoms with van der Waals surface area (Å²) in [5, 5.41) is 0.491. The van der Waals surface area contributed by atoms with Gasteiger partial charge < -0.3 is 4.74 Å². The molecule has 0 saturated carbocycles. The number of ketones is 2. The maximum absolute atomic E-state index is 13.4. The fourth-order valence-corrected chi connectivity index (χ4v) is 4.09. The van der Waals surface area contributed by atoms with E-state index in [1.165, 1.54) is 17.0 Å². The molecule has 2 atom stereocenters. The predicted molar refractivity (Wildman–Crippen MR) is 123 cm³/mol. The lowest BCUT2D eigenvalue weighted by Gasteiger charge is -2.27. The van der Waals surface area contributed by atoms with E-state index < -0.39 is 35.4 Å². The number of hydrogen-bond acceptors (Lipinski definition) is 5. The van der Waals surface area contributed by atoms with Crippen molar-refractivity contribution in [3.8, 4) is 0 Å². The molecule has 1 fully saturated rings. The van der Waals surface area contributed by atoms with Crippen LogP contribution in [-0.2, 0) is 14.3 Å². The number of hydrogen-bond donors (Lipinski definition) is 0. The lowest BCUT2D eigenvalue weighted by molar-refractivity contribution is -0.135. The van der Waals surface area contributed by atoms with E-state index in [1.54, 1.807) is 73.7 Å². The molecule has 3 aromatic carbocycles. The van der Waals surface area contributed by atoms with Crippen LogP contribution in [0.3, 0.4) is 0 Å². The van der Waals surface area contributed by atoms with Crippen molar-refractivity contribution in [2.24, 2.45) is 5.92 Å². The number of amides is 1. The molecule has 166 valence electrons. The molecule has 7 heteroatoms. The zero-order chi connectivity index (χ0) is 23.5. The molecule has 33 heavy (non-hydrogen) atoms. The van der Waals surface area contributed by atoms with Gasteiger partial charge in [-0.2, -0.15) is 0 Å². The molecule has 2 unspecified atom stereocenters. The molecule has 0 spiro atoms. The van der Waals surface area contributed by atoms with Crippen molar-refractivity contribution in [2.75, 3.05) is 11.5 Å². The molecule has 1 aliphatic heterocycles. The van der Waals surface area contributed by atoms with Gasteiger partial charge in [-0.25, -0.2) is 4.79 Å². The minimum Gasteiger partial charge on any atom is -0.462 e. The molecule has 0 aromatic heterocycles. The van der Waals surface area contributed by atoms with E-state index in [4.69, 9.17) is 16.3 Å². The van der Waals surface area contributed by atoms with E-state index >= 15 is 0 Å². The van der Waals surface area contributed by atoms with Gasteiger partial charge in [0.25, 0.3) is 5.91 Å². The zero-order valence-corrected chi connectivity index (χ0v) is 18.5. The summed E-state index contributed by atoms with van der Waals surface area (Å²) in [6.07, 6.45) is 0. The lowest BCUT2D eigenvalue weighted by Crippen LogP contribution is -2.30. The zero-order valence-electron chi connectivity index (χ0n) is 17.7. The molecule has 1 amide bonds. The van der Waals surface area contributed by atoms with Gasteiger partial charge in [-0.05, 0) is 48.9 Å². The van der Waals surface area contributed by atoms with Gasteiger partial charge in [0.05, 0.1) is 18.2 Å². The summed E-state index contributed by atoms with van der Waals surface area (Å²) in [7, 11) is 0. The van der Waals surface area contributed by atoms with Crippen LogP contribution in [0.15, 0.2) is 78.9 Å². The van der Waals surface area contributed by atoms with Crippen molar-refractivity contribution in [3.05, 3.63) is 101 Å². The van der Waals surface area contributed by atoms with Gasteiger partial charge in [0.2, 0.25) is 5.78 Å². The van der Waals surface area contributed by atoms with Gasteiger partial charge in [0, 0.05) is 16.3 Å². The second kappa shape index (κ2) is 9.38. The average Bonchev–Trinajstić information content (AvgIpc) is 3.10. The topological polar surface area (TPSA) is 80.8 Å². The highest BCUT2D eigenvalue weighted by atomic mass is 35.5. The summed E-state index contributed by atoms with van der Waals surface area (Å²) in [6.45, 7) is 1.95. The highest BCUT2D eigenvalue weighted by molar-refractivity contribution is 6.49. The number of esters is 1. The summed E-state index contributed by atoms with van der Waals surface area (Å²) in [4.78, 5) is 52.9. The molecular formula is C26H20ClNO5. The predicted octanol–water partition coefficient (Wildman–Crippen LogP) is 4.67. The van der Waals surface area contributed by atoms with Crippen molar-refractivity contribution in [1.29, 1.82) is 0 Å². The Labute approximate surface area is 195 Å². The summed E-state index contributed by atoms with van der Waals surface area (Å²) in [6, 6.07) is 20.4. The van der Waals surface area contributed by atoms with Crippen LogP contribution in [0.25, 0.3) is 0 Å². The second-order valence-corrected chi connectivity index (χ2v) is 7.95. The van der Waals surface area contributed by atoms with E-state index in [-0.39, 0.29) is 6.61 Å². The highest BCUT2D eigenvalue weighted by Crippen LogP contribution is 2.41. The average molecular weight is 462 g/mol. The van der Waals surface area contributed by atoms with Crippen LogP contribution < -0.4 is 4.90 Å². The number of Topliss-reactive ketones (excluding diaryl/α,β-unsaturated/α-hetero) is 2. The molecule has 1 aliphatic rings. The number of carbonyl (C=O) groups is 4. The lowest BCUT2D eigenvalue weighted by atomic mass is 9.86. The van der Waals surface area contributed by atoms with E-state index in [9.17, 15) is 19.2 Å². The molecule has 0 radical (unpaired) electrons. The number of nitrogens with zero attached hydrogens (tertiary/aromatic N) is 1. The molecular weight excluding hydrogens is 442 g/mol. The molecule has 0 bridgehead atoms. The van der Waals surface area contributed by atoms with E-state index in [0.29, 0.717) is 27.4 Å². The first-order chi connectivity index (χ1) is 15.9. The Hall–Kier alpha value is -3.77. The number of benzene rings is 3. The number of halogens is 1. The standard InChI is InChI=1S/C26H20ClNO5/c1-2-33-26(32)18-10-14-20(15-11-18)28-22(16-8-12-19(27)13-9-16)21(24(30)25(28)31)23(29)17-6-4-3-5-7-17/h3-15,21-22H,2H2,1H3. The smallest absolute Gasteiger partial charge is 0.338 e. The fraction of sp³-hybridized carbons (Fsp3) is 0.154. The van der Waals surface area contributed by atoms with Gasteiger partial charge in [-0.3, -0.25) is 19.3 Å². The van der Waals surface area contributed by atoms with Crippen LogP contribution in [-0.4, -0.2) is 30.0 Å². The first-order valence-corrected chi connectivity index (χ1v) is 10.8. The van der Waals surface area contributed by atoms with Crippen LogP contribution in [0.4, 0.5) is 5.69 Å². The molecule has 1 saturated heterocycles. The largest absolute Gasteiger partial charge is 0.462 e. The van der Waals surface area contributed by atoms with Gasteiger partial charge in [0.1, 0.15) is 5.92 Å². The summed E-state index contributed by atoms with van der Waals surface area (Å²) >= 11 is 6.04. The van der Waals surface area contributed by atoms with Crippen molar-refractivity contribution in [3.63, 3.8) is 0 Å². The maximum atomic E-state index is 13.4. The Balaban J connectivity index is 1.79. The van der Waals surface area contributed by atoms with Crippen molar-refractivity contribution in [1.82, 2.24) is 0 Å². The Morgan fingerprint density at radius 1 is 0.879 bits per heavy atom. The Bertz CT molecular complexity index is 1210. The molecule has 6 nitrogen and oxygen atoms in total. The molecule has 0 aliphatic carbocycles. The monoisotopic (exact) mass is 461 g/mol. The van der Waals surface area contributed by atoms with Crippen LogP contribution >= 0.6 is 11.6 Å². The third-order valence-electron chi connectivity index (χ3n) is 5.51. The Morgan fingerprint density at radius 2 is 1.52 bits per heavy atom. The van der Waals surface area contributed by atoms with E-state index in [1.807, 2.05) is 0 Å². The minimum absolute atomic E-state index is 0.238. The number of rotatable bonds is 6. The van der Waals surface area contributed by atoms with Crippen molar-refractivity contribution in [2.45, 2.75) is 13.0 Å². The van der Waals surface area contributed by atoms with E-state index in [0.717, 1.165) is 0 Å². The third kappa shape index (κ3) is 4.30. The molecule has 3 aromatic rings. The molecule has 4 rings (SSSR count). The third-order valence-corrected chi connectivity index (χ3v) is 5.77. The number of ether oxygens (including phenoxy) is 1. The fourth-order valence-electron chi connectivity index (χ4n) is 3.97. The number of anilines is 1. The summed E-state index contributed by atoms with van der Waals surface area (Å²) < 4.78 is 5.00. The van der Waals surface area contributed by atoms with Crippen LogP contribution in [0.2, 0.25) is 5.02 Å². The van der Waals surface area contributed by atoms with Gasteiger partial charge >= 0.3 is 5.97 Å². The van der Waals surface area contributed by atoms with Gasteiger partial charge in [-0.1, -0.05) is 54.1 Å². The second-order valence-electron chi connectivity index (χ2n) is 7.51. The SMILES string of the molecule is CCOC(=O)c1ccc(N2C(=O)C(=O)C(C(=O)c3ccccc3)C2c2ccc(Cl)cc2)cc1. The molecule has 0 N–H and O–H groups in total. The van der Waals surface area contributed by atoms with Gasteiger partial charge in [0.15, 0.2) is 5.78 Å². The highest BCUT2D eigenvalue weighted by Gasteiger charge is 2.52. The Kier molecular flexibility index (Phi) is 6.38. The van der Waals surface area contributed by atoms with Gasteiger partial charge in [-0.15, -0.1) is 0 Å². The molecule has 1 heterocycles. The van der Waals surface area contributed by atoms with Crippen molar-refractivity contribution >= 4 is 40.7 Å². The maximum Gasteiger partial charge on any atom is 0.338 e.